The van der Waals surface area contributed by atoms with E-state index in [0.29, 0.717) is 25.5 Å². The first-order valence-electron chi connectivity index (χ1n) is 5.77. The van der Waals surface area contributed by atoms with Gasteiger partial charge in [0, 0.05) is 26.8 Å². The van der Waals surface area contributed by atoms with E-state index >= 15 is 0 Å². The molecule has 0 aromatic carbocycles. The van der Waals surface area contributed by atoms with Crippen LogP contribution in [0, 0.1) is 0 Å². The Labute approximate surface area is 102 Å². The minimum absolute atomic E-state index is 0.149. The van der Waals surface area contributed by atoms with Gasteiger partial charge in [0.1, 0.15) is 5.69 Å². The Morgan fingerprint density at radius 3 is 2.88 bits per heavy atom. The van der Waals surface area contributed by atoms with Crippen molar-refractivity contribution in [1.82, 2.24) is 10.3 Å². The second-order valence-electron chi connectivity index (χ2n) is 3.49. The first-order chi connectivity index (χ1) is 8.27. The number of pyridine rings is 1. The fourth-order valence-corrected chi connectivity index (χ4v) is 1.29. The number of rotatable bonds is 7. The van der Waals surface area contributed by atoms with Crippen LogP contribution in [-0.4, -0.2) is 37.7 Å². The molecule has 0 saturated heterocycles. The second-order valence-corrected chi connectivity index (χ2v) is 3.49. The number of carbonyl (C=O) groups is 1. The summed E-state index contributed by atoms with van der Waals surface area (Å²) < 4.78 is 5.18. The number of hydrogen-bond donors (Lipinski definition) is 2. The van der Waals surface area contributed by atoms with Crippen molar-refractivity contribution in [3.63, 3.8) is 0 Å². The van der Waals surface area contributed by atoms with E-state index in [1.165, 1.54) is 0 Å². The smallest absolute Gasteiger partial charge is 0.269 e. The third kappa shape index (κ3) is 4.82. The topological polar surface area (TPSA) is 63.2 Å². The lowest BCUT2D eigenvalue weighted by Gasteiger charge is -2.05. The highest BCUT2D eigenvalue weighted by Gasteiger charge is 2.05. The molecule has 1 heterocycles. The molecule has 5 heteroatoms. The van der Waals surface area contributed by atoms with E-state index in [1.54, 1.807) is 12.3 Å². The van der Waals surface area contributed by atoms with Gasteiger partial charge in [-0.1, -0.05) is 0 Å². The summed E-state index contributed by atoms with van der Waals surface area (Å²) in [6.45, 7) is 3.93. The summed E-state index contributed by atoms with van der Waals surface area (Å²) in [6, 6.07) is 3.52. The zero-order valence-electron chi connectivity index (χ0n) is 10.3. The normalized spacial score (nSPS) is 10.0. The predicted octanol–water partition coefficient (Wildman–Crippen LogP) is 1.28. The second kappa shape index (κ2) is 7.62. The minimum Gasteiger partial charge on any atom is -0.387 e. The molecule has 0 atom stereocenters. The summed E-state index contributed by atoms with van der Waals surface area (Å²) in [6.07, 6.45) is 2.45. The maximum atomic E-state index is 11.6. The van der Waals surface area contributed by atoms with Crippen LogP contribution in [0.3, 0.4) is 0 Å². The number of anilines is 1. The average Bonchev–Trinajstić information content (AvgIpc) is 2.38. The quantitative estimate of drug-likeness (QED) is 0.701. The van der Waals surface area contributed by atoms with Gasteiger partial charge in [0.2, 0.25) is 0 Å². The van der Waals surface area contributed by atoms with Gasteiger partial charge in [-0.2, -0.15) is 0 Å². The van der Waals surface area contributed by atoms with Crippen LogP contribution in [0.2, 0.25) is 0 Å². The lowest BCUT2D eigenvalue weighted by Crippen LogP contribution is -2.26. The van der Waals surface area contributed by atoms with Gasteiger partial charge in [0.05, 0.1) is 11.9 Å². The third-order valence-electron chi connectivity index (χ3n) is 2.24. The number of carbonyl (C=O) groups excluding carboxylic acids is 1. The van der Waals surface area contributed by atoms with Crippen molar-refractivity contribution in [1.29, 1.82) is 0 Å². The first-order valence-corrected chi connectivity index (χ1v) is 5.77. The van der Waals surface area contributed by atoms with Gasteiger partial charge in [-0.3, -0.25) is 4.79 Å². The molecular weight excluding hydrogens is 218 g/mol. The highest BCUT2D eigenvalue weighted by molar-refractivity contribution is 5.92. The summed E-state index contributed by atoms with van der Waals surface area (Å²) in [5.41, 5.74) is 1.32. The number of hydrogen-bond acceptors (Lipinski definition) is 4. The van der Waals surface area contributed by atoms with Crippen molar-refractivity contribution in [2.24, 2.45) is 0 Å². The predicted molar refractivity (Wildman–Crippen MR) is 67.2 cm³/mol. The van der Waals surface area contributed by atoms with Crippen molar-refractivity contribution in [3.05, 3.63) is 24.0 Å². The fourth-order valence-electron chi connectivity index (χ4n) is 1.29. The van der Waals surface area contributed by atoms with E-state index in [2.05, 4.69) is 15.6 Å². The Bertz CT molecular complexity index is 338. The molecule has 0 radical (unpaired) electrons. The molecule has 0 aliphatic carbocycles. The largest absolute Gasteiger partial charge is 0.387 e. The molecule has 2 N–H and O–H groups in total. The molecule has 0 fully saturated rings. The van der Waals surface area contributed by atoms with Gasteiger partial charge in [-0.05, 0) is 25.5 Å². The molecule has 0 aliphatic heterocycles. The standard InChI is InChI=1S/C12H19N3O2/c1-3-17-8-4-7-14-12(16)11-6-5-10(13-2)9-15-11/h5-6,9,13H,3-4,7-8H2,1-2H3,(H,14,16). The van der Waals surface area contributed by atoms with Crippen molar-refractivity contribution in [2.45, 2.75) is 13.3 Å². The minimum atomic E-state index is -0.149. The first kappa shape index (κ1) is 13.4. The zero-order valence-corrected chi connectivity index (χ0v) is 10.3. The van der Waals surface area contributed by atoms with Crippen molar-refractivity contribution in [2.75, 3.05) is 32.1 Å². The van der Waals surface area contributed by atoms with Gasteiger partial charge in [0.25, 0.3) is 5.91 Å². The molecule has 0 unspecified atom stereocenters. The number of amides is 1. The SMILES string of the molecule is CCOCCCNC(=O)c1ccc(NC)cn1. The summed E-state index contributed by atoms with van der Waals surface area (Å²) in [7, 11) is 1.81. The van der Waals surface area contributed by atoms with Crippen LogP contribution in [0.1, 0.15) is 23.8 Å². The van der Waals surface area contributed by atoms with Crippen LogP contribution >= 0.6 is 0 Å². The highest BCUT2D eigenvalue weighted by Crippen LogP contribution is 2.04. The Hall–Kier alpha value is -1.62. The van der Waals surface area contributed by atoms with Crippen LogP contribution in [0.5, 0.6) is 0 Å². The molecule has 1 amide bonds. The van der Waals surface area contributed by atoms with Gasteiger partial charge in [-0.15, -0.1) is 0 Å². The monoisotopic (exact) mass is 237 g/mol. The van der Waals surface area contributed by atoms with Crippen molar-refractivity contribution in [3.8, 4) is 0 Å². The number of nitrogens with zero attached hydrogens (tertiary/aromatic N) is 1. The molecule has 0 saturated carbocycles. The molecule has 94 valence electrons. The molecule has 5 nitrogen and oxygen atoms in total. The third-order valence-corrected chi connectivity index (χ3v) is 2.24. The lowest BCUT2D eigenvalue weighted by atomic mass is 10.3. The molecule has 17 heavy (non-hydrogen) atoms. The van der Waals surface area contributed by atoms with E-state index in [9.17, 15) is 4.79 Å². The molecular formula is C12H19N3O2. The molecule has 1 rings (SSSR count). The van der Waals surface area contributed by atoms with Gasteiger partial charge in [-0.25, -0.2) is 4.98 Å². The van der Waals surface area contributed by atoms with Crippen molar-refractivity contribution < 1.29 is 9.53 Å². The molecule has 0 spiro atoms. The Morgan fingerprint density at radius 1 is 1.47 bits per heavy atom. The number of nitrogens with one attached hydrogen (secondary N) is 2. The van der Waals surface area contributed by atoms with E-state index in [-0.39, 0.29) is 5.91 Å². The van der Waals surface area contributed by atoms with Crippen molar-refractivity contribution >= 4 is 11.6 Å². The molecule has 0 bridgehead atoms. The average molecular weight is 237 g/mol. The lowest BCUT2D eigenvalue weighted by molar-refractivity contribution is 0.0939. The van der Waals surface area contributed by atoms with Gasteiger partial charge in [0.15, 0.2) is 0 Å². The fraction of sp³-hybridized carbons (Fsp3) is 0.500. The Balaban J connectivity index is 2.31. The van der Waals surface area contributed by atoms with E-state index in [0.717, 1.165) is 12.1 Å². The van der Waals surface area contributed by atoms with Crippen LogP contribution in [0.4, 0.5) is 5.69 Å². The summed E-state index contributed by atoms with van der Waals surface area (Å²) >= 11 is 0. The van der Waals surface area contributed by atoms with E-state index in [4.69, 9.17) is 4.74 Å². The molecule has 1 aromatic heterocycles. The van der Waals surface area contributed by atoms with Crippen LogP contribution in [-0.2, 0) is 4.74 Å². The summed E-state index contributed by atoms with van der Waals surface area (Å²) in [5.74, 6) is -0.149. The summed E-state index contributed by atoms with van der Waals surface area (Å²) in [5, 5.41) is 5.74. The van der Waals surface area contributed by atoms with Crippen LogP contribution in [0.25, 0.3) is 0 Å². The van der Waals surface area contributed by atoms with Gasteiger partial charge >= 0.3 is 0 Å². The Morgan fingerprint density at radius 2 is 2.29 bits per heavy atom. The summed E-state index contributed by atoms with van der Waals surface area (Å²) in [4.78, 5) is 15.7. The number of ether oxygens (including phenoxy) is 1. The number of aromatic nitrogens is 1. The van der Waals surface area contributed by atoms with Gasteiger partial charge < -0.3 is 15.4 Å². The van der Waals surface area contributed by atoms with E-state index in [1.807, 2.05) is 20.0 Å². The molecule has 0 aliphatic rings. The van der Waals surface area contributed by atoms with Crippen LogP contribution < -0.4 is 10.6 Å². The Kier molecular flexibility index (Phi) is 6.03. The highest BCUT2D eigenvalue weighted by atomic mass is 16.5. The maximum Gasteiger partial charge on any atom is 0.269 e. The zero-order chi connectivity index (χ0) is 12.5. The van der Waals surface area contributed by atoms with Crippen LogP contribution in [0.15, 0.2) is 18.3 Å². The molecule has 1 aromatic rings. The maximum absolute atomic E-state index is 11.6. The van der Waals surface area contributed by atoms with E-state index < -0.39 is 0 Å².